The van der Waals surface area contributed by atoms with Crippen LogP contribution in [-0.2, 0) is 47.7 Å². The lowest BCUT2D eigenvalue weighted by molar-refractivity contribution is -0.191. The fraction of sp³-hybridized carbons (Fsp3) is 0.650. The summed E-state index contributed by atoms with van der Waals surface area (Å²) in [5.41, 5.74) is 9.13. The number of hydrogen-bond acceptors (Lipinski definition) is 11. The largest absolute Gasteiger partial charge is 0.477 e. The third kappa shape index (κ3) is 6.61. The molecule has 0 aromatic rings. The minimum atomic E-state index is -1.47. The number of likely N-dealkylation sites (tertiary alicyclic amines) is 1. The quantitative estimate of drug-likeness (QED) is 0.148. The van der Waals surface area contributed by atoms with E-state index in [1.165, 1.54) is 11.0 Å². The van der Waals surface area contributed by atoms with Crippen LogP contribution in [0, 0.1) is 0 Å². The SMILES string of the molecule is COC(=O)C1=C[C@H](N=[N+]=[N-])[C@@H](N2CCCC2=O)[C@H]([C@H](OC(C)=O)[C@@H](COC(C)=O)OC(C)=O)O1. The van der Waals surface area contributed by atoms with E-state index in [2.05, 4.69) is 10.0 Å². The van der Waals surface area contributed by atoms with Gasteiger partial charge in [-0.15, -0.1) is 0 Å². The highest BCUT2D eigenvalue weighted by molar-refractivity contribution is 5.86. The number of ether oxygens (including phenoxy) is 5. The second-order valence-electron chi connectivity index (χ2n) is 7.51. The fourth-order valence-corrected chi connectivity index (χ4v) is 3.84. The van der Waals surface area contributed by atoms with Crippen LogP contribution in [0.4, 0.5) is 0 Å². The van der Waals surface area contributed by atoms with Gasteiger partial charge in [0.05, 0.1) is 19.2 Å². The minimum Gasteiger partial charge on any atom is -0.477 e. The molecule has 0 spiro atoms. The van der Waals surface area contributed by atoms with Gasteiger partial charge in [0.15, 0.2) is 18.3 Å². The molecule has 0 bridgehead atoms. The number of esters is 4. The molecule has 1 fully saturated rings. The van der Waals surface area contributed by atoms with Gasteiger partial charge in [0.1, 0.15) is 6.61 Å². The van der Waals surface area contributed by atoms with Crippen LogP contribution < -0.4 is 0 Å². The molecule has 0 aromatic heterocycles. The molecular formula is C20H26N4O10. The highest BCUT2D eigenvalue weighted by Gasteiger charge is 2.51. The lowest BCUT2D eigenvalue weighted by Gasteiger charge is -2.44. The van der Waals surface area contributed by atoms with Gasteiger partial charge in [-0.3, -0.25) is 19.2 Å². The lowest BCUT2D eigenvalue weighted by atomic mass is 9.91. The van der Waals surface area contributed by atoms with Crippen LogP contribution in [0.15, 0.2) is 16.9 Å². The van der Waals surface area contributed by atoms with Crippen molar-refractivity contribution in [3.8, 4) is 0 Å². The normalized spacial score (nSPS) is 23.4. The molecule has 5 atom stereocenters. The molecule has 2 heterocycles. The zero-order valence-electron chi connectivity index (χ0n) is 19.2. The molecule has 2 rings (SSSR count). The molecule has 14 heteroatoms. The van der Waals surface area contributed by atoms with Crippen LogP contribution in [0.1, 0.15) is 33.6 Å². The van der Waals surface area contributed by atoms with Gasteiger partial charge >= 0.3 is 23.9 Å². The van der Waals surface area contributed by atoms with E-state index in [1.54, 1.807) is 0 Å². The zero-order chi connectivity index (χ0) is 25.4. The van der Waals surface area contributed by atoms with Crippen LogP contribution >= 0.6 is 0 Å². The Morgan fingerprint density at radius 2 is 1.88 bits per heavy atom. The van der Waals surface area contributed by atoms with Gasteiger partial charge in [0.25, 0.3) is 0 Å². The molecular weight excluding hydrogens is 456 g/mol. The predicted octanol–water partition coefficient (Wildman–Crippen LogP) is 0.539. The molecule has 0 radical (unpaired) electrons. The maximum Gasteiger partial charge on any atom is 0.372 e. The van der Waals surface area contributed by atoms with Crippen LogP contribution in [0.3, 0.4) is 0 Å². The Morgan fingerprint density at radius 1 is 1.21 bits per heavy atom. The lowest BCUT2D eigenvalue weighted by Crippen LogP contribution is -2.61. The van der Waals surface area contributed by atoms with Crippen LogP contribution in [0.5, 0.6) is 0 Å². The Hall–Kier alpha value is -3.80. The Bertz CT molecular complexity index is 913. The topological polar surface area (TPSA) is 183 Å². The van der Waals surface area contributed by atoms with Gasteiger partial charge in [-0.25, -0.2) is 4.79 Å². The molecule has 0 N–H and O–H groups in total. The summed E-state index contributed by atoms with van der Waals surface area (Å²) in [7, 11) is 1.10. The number of azide groups is 1. The first-order valence-corrected chi connectivity index (χ1v) is 10.4. The standard InChI is InChI=1S/C20H26N4O10/c1-10(25)31-9-15(32-11(2)26)18(33-12(3)27)19-17(24-7-5-6-16(24)28)13(22-23-21)8-14(34-19)20(29)30-4/h8,13,15,17-19H,5-7,9H2,1-4H3/t13-,15+,17+,18+,19+/m0/s1. The van der Waals surface area contributed by atoms with Crippen LogP contribution in [-0.4, -0.2) is 85.3 Å². The first-order valence-electron chi connectivity index (χ1n) is 10.4. The molecule has 0 aliphatic carbocycles. The first-order chi connectivity index (χ1) is 16.1. The van der Waals surface area contributed by atoms with Crippen molar-refractivity contribution in [1.29, 1.82) is 0 Å². The minimum absolute atomic E-state index is 0.221. The van der Waals surface area contributed by atoms with Gasteiger partial charge in [-0.2, -0.15) is 0 Å². The van der Waals surface area contributed by atoms with Gasteiger partial charge in [0.2, 0.25) is 11.7 Å². The molecule has 14 nitrogen and oxygen atoms in total. The van der Waals surface area contributed by atoms with E-state index >= 15 is 0 Å². The number of carbonyl (C=O) groups excluding carboxylic acids is 5. The smallest absolute Gasteiger partial charge is 0.372 e. The predicted molar refractivity (Wildman–Crippen MR) is 110 cm³/mol. The van der Waals surface area contributed by atoms with Crippen molar-refractivity contribution in [3.05, 3.63) is 22.3 Å². The third-order valence-corrected chi connectivity index (χ3v) is 5.07. The Kier molecular flexibility index (Phi) is 9.25. The third-order valence-electron chi connectivity index (χ3n) is 5.07. The van der Waals surface area contributed by atoms with Crippen molar-refractivity contribution >= 4 is 29.8 Å². The van der Waals surface area contributed by atoms with Crippen molar-refractivity contribution in [3.63, 3.8) is 0 Å². The summed E-state index contributed by atoms with van der Waals surface area (Å²) in [6, 6.07) is -2.16. The summed E-state index contributed by atoms with van der Waals surface area (Å²) in [4.78, 5) is 64.3. The van der Waals surface area contributed by atoms with Gasteiger partial charge in [-0.05, 0) is 18.0 Å². The summed E-state index contributed by atoms with van der Waals surface area (Å²) >= 11 is 0. The summed E-state index contributed by atoms with van der Waals surface area (Å²) < 4.78 is 26.2. The Balaban J connectivity index is 2.63. The maximum atomic E-state index is 12.6. The summed E-state index contributed by atoms with van der Waals surface area (Å²) in [5, 5.41) is 3.71. The van der Waals surface area contributed by atoms with Crippen molar-refractivity contribution in [2.24, 2.45) is 5.11 Å². The highest BCUT2D eigenvalue weighted by atomic mass is 16.6. The molecule has 186 valence electrons. The van der Waals surface area contributed by atoms with E-state index in [9.17, 15) is 24.0 Å². The second kappa shape index (κ2) is 11.9. The van der Waals surface area contributed by atoms with E-state index in [1.807, 2.05) is 0 Å². The number of amides is 1. The number of methoxy groups -OCH3 is 1. The summed E-state index contributed by atoms with van der Waals surface area (Å²) in [6.07, 6.45) is -2.27. The van der Waals surface area contributed by atoms with Crippen molar-refractivity contribution in [1.82, 2.24) is 4.90 Å². The Morgan fingerprint density at radius 3 is 2.38 bits per heavy atom. The van der Waals surface area contributed by atoms with Crippen molar-refractivity contribution < 1.29 is 47.7 Å². The molecule has 2 aliphatic rings. The van der Waals surface area contributed by atoms with E-state index in [0.29, 0.717) is 6.42 Å². The summed E-state index contributed by atoms with van der Waals surface area (Å²) in [5.74, 6) is -3.85. The molecule has 1 saturated heterocycles. The van der Waals surface area contributed by atoms with Crippen molar-refractivity contribution in [2.75, 3.05) is 20.3 Å². The second-order valence-corrected chi connectivity index (χ2v) is 7.51. The molecule has 0 saturated carbocycles. The van der Waals surface area contributed by atoms with E-state index in [0.717, 1.165) is 27.9 Å². The highest BCUT2D eigenvalue weighted by Crippen LogP contribution is 2.33. The molecule has 1 amide bonds. The molecule has 34 heavy (non-hydrogen) atoms. The van der Waals surface area contributed by atoms with Gasteiger partial charge < -0.3 is 28.6 Å². The fourth-order valence-electron chi connectivity index (χ4n) is 3.84. The number of carbonyl (C=O) groups is 5. The average molecular weight is 482 g/mol. The number of rotatable bonds is 9. The first kappa shape index (κ1) is 26.5. The van der Waals surface area contributed by atoms with E-state index < -0.39 is 60.9 Å². The molecule has 0 aromatic carbocycles. The Labute approximate surface area is 194 Å². The molecule has 2 aliphatic heterocycles. The van der Waals surface area contributed by atoms with Crippen LogP contribution in [0.2, 0.25) is 0 Å². The average Bonchev–Trinajstić information content (AvgIpc) is 3.19. The van der Waals surface area contributed by atoms with E-state index in [4.69, 9.17) is 29.2 Å². The van der Waals surface area contributed by atoms with Crippen molar-refractivity contribution in [2.45, 2.75) is 64.0 Å². The van der Waals surface area contributed by atoms with Crippen LogP contribution in [0.25, 0.3) is 10.4 Å². The monoisotopic (exact) mass is 482 g/mol. The maximum absolute atomic E-state index is 12.6. The number of nitrogens with zero attached hydrogens (tertiary/aromatic N) is 4. The number of hydrogen-bond donors (Lipinski definition) is 0. The zero-order valence-corrected chi connectivity index (χ0v) is 19.2. The molecule has 0 unspecified atom stereocenters. The van der Waals surface area contributed by atoms with Gasteiger partial charge in [0, 0.05) is 38.6 Å². The summed E-state index contributed by atoms with van der Waals surface area (Å²) in [6.45, 7) is 3.07. The van der Waals surface area contributed by atoms with Gasteiger partial charge in [-0.1, -0.05) is 5.11 Å². The van der Waals surface area contributed by atoms with E-state index in [-0.39, 0.29) is 24.6 Å².